The SMILES string of the molecule is COc1cc([C@H](N)CCCO)cc([N+](=O)[O-])c1O.Cl. The number of benzene rings is 1. The van der Waals surface area contributed by atoms with Crippen molar-refractivity contribution < 1.29 is 19.9 Å². The third kappa shape index (κ3) is 4.23. The van der Waals surface area contributed by atoms with Crippen LogP contribution in [-0.2, 0) is 0 Å². The lowest BCUT2D eigenvalue weighted by molar-refractivity contribution is -0.386. The smallest absolute Gasteiger partial charge is 0.314 e. The standard InChI is InChI=1S/C11H16N2O5.ClH/c1-18-10-6-7(8(12)3-2-4-14)5-9(11(10)15)13(16)17;/h5-6,8,14-15H,2-4,12H2,1H3;1H/t8-;/m1./s1. The van der Waals surface area contributed by atoms with Crippen LogP contribution in [0.4, 0.5) is 5.69 Å². The molecule has 1 rings (SSSR count). The van der Waals surface area contributed by atoms with E-state index in [1.165, 1.54) is 19.2 Å². The largest absolute Gasteiger partial charge is 0.500 e. The highest BCUT2D eigenvalue weighted by molar-refractivity contribution is 5.85. The van der Waals surface area contributed by atoms with E-state index in [0.717, 1.165) is 0 Å². The molecule has 0 aliphatic heterocycles. The van der Waals surface area contributed by atoms with Gasteiger partial charge in [-0.25, -0.2) is 0 Å². The van der Waals surface area contributed by atoms with Crippen molar-refractivity contribution in [3.8, 4) is 11.5 Å². The van der Waals surface area contributed by atoms with Gasteiger partial charge in [-0.05, 0) is 24.5 Å². The molecule has 1 aromatic rings. The first kappa shape index (κ1) is 17.4. The van der Waals surface area contributed by atoms with Gasteiger partial charge in [0.2, 0.25) is 5.75 Å². The molecule has 7 nitrogen and oxygen atoms in total. The van der Waals surface area contributed by atoms with Gasteiger partial charge in [0.15, 0.2) is 5.75 Å². The first-order valence-corrected chi connectivity index (χ1v) is 5.43. The molecule has 8 heteroatoms. The molecule has 0 unspecified atom stereocenters. The third-order valence-electron chi connectivity index (χ3n) is 2.60. The fourth-order valence-corrected chi connectivity index (χ4v) is 1.60. The van der Waals surface area contributed by atoms with E-state index in [4.69, 9.17) is 15.6 Å². The first-order chi connectivity index (χ1) is 8.51. The van der Waals surface area contributed by atoms with Crippen LogP contribution in [0.1, 0.15) is 24.4 Å². The molecule has 0 saturated heterocycles. The topological polar surface area (TPSA) is 119 Å². The summed E-state index contributed by atoms with van der Waals surface area (Å²) < 4.78 is 4.87. The molecule has 0 amide bonds. The lowest BCUT2D eigenvalue weighted by Gasteiger charge is -2.13. The fraction of sp³-hybridized carbons (Fsp3) is 0.455. The highest BCUT2D eigenvalue weighted by Gasteiger charge is 2.21. The van der Waals surface area contributed by atoms with Crippen molar-refractivity contribution in [2.24, 2.45) is 5.73 Å². The Kier molecular flexibility index (Phi) is 7.13. The Morgan fingerprint density at radius 3 is 2.63 bits per heavy atom. The van der Waals surface area contributed by atoms with Crippen molar-refractivity contribution >= 4 is 18.1 Å². The summed E-state index contributed by atoms with van der Waals surface area (Å²) in [4.78, 5) is 10.1. The van der Waals surface area contributed by atoms with Crippen molar-refractivity contribution in [2.45, 2.75) is 18.9 Å². The number of nitro benzene ring substituents is 1. The second-order valence-electron chi connectivity index (χ2n) is 3.82. The molecular formula is C11H17ClN2O5. The molecule has 0 aliphatic carbocycles. The van der Waals surface area contributed by atoms with E-state index >= 15 is 0 Å². The molecule has 108 valence electrons. The normalized spacial score (nSPS) is 11.5. The monoisotopic (exact) mass is 292 g/mol. The zero-order chi connectivity index (χ0) is 13.7. The van der Waals surface area contributed by atoms with Crippen molar-refractivity contribution in [3.63, 3.8) is 0 Å². The number of aliphatic hydroxyl groups excluding tert-OH is 1. The van der Waals surface area contributed by atoms with Gasteiger partial charge in [-0.3, -0.25) is 10.1 Å². The molecule has 0 saturated carbocycles. The second kappa shape index (κ2) is 7.78. The minimum absolute atomic E-state index is 0. The fourth-order valence-electron chi connectivity index (χ4n) is 1.60. The van der Waals surface area contributed by atoms with Gasteiger partial charge in [0.1, 0.15) is 0 Å². The van der Waals surface area contributed by atoms with Gasteiger partial charge >= 0.3 is 5.69 Å². The number of aromatic hydroxyl groups is 1. The molecule has 0 bridgehead atoms. The summed E-state index contributed by atoms with van der Waals surface area (Å²) in [5.74, 6) is -0.501. The maximum Gasteiger partial charge on any atom is 0.314 e. The Hall–Kier alpha value is -1.57. The highest BCUT2D eigenvalue weighted by atomic mass is 35.5. The molecule has 0 heterocycles. The number of methoxy groups -OCH3 is 1. The summed E-state index contributed by atoms with van der Waals surface area (Å²) in [6.45, 7) is 0.00497. The van der Waals surface area contributed by atoms with E-state index in [1.54, 1.807) is 0 Å². The number of rotatable bonds is 6. The van der Waals surface area contributed by atoms with E-state index in [0.29, 0.717) is 18.4 Å². The van der Waals surface area contributed by atoms with Crippen LogP contribution in [0, 0.1) is 10.1 Å². The molecular weight excluding hydrogens is 276 g/mol. The molecule has 0 fully saturated rings. The van der Waals surface area contributed by atoms with Gasteiger partial charge in [-0.15, -0.1) is 12.4 Å². The van der Waals surface area contributed by atoms with Gasteiger partial charge in [0.05, 0.1) is 12.0 Å². The second-order valence-corrected chi connectivity index (χ2v) is 3.82. The number of phenolic OH excluding ortho intramolecular Hbond substituents is 1. The zero-order valence-electron chi connectivity index (χ0n) is 10.4. The van der Waals surface area contributed by atoms with Crippen LogP contribution in [0.3, 0.4) is 0 Å². The Labute approximate surface area is 116 Å². The average molecular weight is 293 g/mol. The van der Waals surface area contributed by atoms with Crippen LogP contribution in [0.5, 0.6) is 11.5 Å². The molecule has 0 radical (unpaired) electrons. The molecule has 4 N–H and O–H groups in total. The number of ether oxygens (including phenoxy) is 1. The number of nitrogens with zero attached hydrogens (tertiary/aromatic N) is 1. The summed E-state index contributed by atoms with van der Waals surface area (Å²) in [6, 6.07) is 2.23. The van der Waals surface area contributed by atoms with Crippen molar-refractivity contribution in [2.75, 3.05) is 13.7 Å². The third-order valence-corrected chi connectivity index (χ3v) is 2.60. The van der Waals surface area contributed by atoms with Gasteiger partial charge in [-0.1, -0.05) is 0 Å². The van der Waals surface area contributed by atoms with E-state index in [-0.39, 0.29) is 24.8 Å². The van der Waals surface area contributed by atoms with Gasteiger partial charge in [-0.2, -0.15) is 0 Å². The maximum absolute atomic E-state index is 10.8. The minimum atomic E-state index is -0.694. The number of hydrogen-bond donors (Lipinski definition) is 3. The van der Waals surface area contributed by atoms with Gasteiger partial charge in [0.25, 0.3) is 0 Å². The predicted molar refractivity (Wildman–Crippen MR) is 71.8 cm³/mol. The first-order valence-electron chi connectivity index (χ1n) is 5.43. The van der Waals surface area contributed by atoms with Crippen molar-refractivity contribution in [1.29, 1.82) is 0 Å². The minimum Gasteiger partial charge on any atom is -0.500 e. The Morgan fingerprint density at radius 2 is 2.16 bits per heavy atom. The molecule has 0 spiro atoms. The molecule has 0 aliphatic rings. The van der Waals surface area contributed by atoms with Crippen molar-refractivity contribution in [3.05, 3.63) is 27.8 Å². The number of hydrogen-bond acceptors (Lipinski definition) is 6. The van der Waals surface area contributed by atoms with E-state index in [2.05, 4.69) is 0 Å². The van der Waals surface area contributed by atoms with Crippen LogP contribution in [0.15, 0.2) is 12.1 Å². The summed E-state index contributed by atoms with van der Waals surface area (Å²) in [6.07, 6.45) is 0.986. The number of nitrogens with two attached hydrogens (primary N) is 1. The van der Waals surface area contributed by atoms with Crippen molar-refractivity contribution in [1.82, 2.24) is 0 Å². The zero-order valence-corrected chi connectivity index (χ0v) is 11.2. The molecule has 19 heavy (non-hydrogen) atoms. The van der Waals surface area contributed by atoms with Crippen LogP contribution < -0.4 is 10.5 Å². The summed E-state index contributed by atoms with van der Waals surface area (Å²) in [5.41, 5.74) is 5.90. The number of phenols is 1. The predicted octanol–water partition coefficient (Wildman–Crippen LogP) is 1.50. The number of aliphatic hydroxyl groups is 1. The van der Waals surface area contributed by atoms with E-state index in [1.807, 2.05) is 0 Å². The Balaban J connectivity index is 0.00000324. The van der Waals surface area contributed by atoms with Crippen LogP contribution in [0.2, 0.25) is 0 Å². The van der Waals surface area contributed by atoms with Gasteiger partial charge < -0.3 is 20.7 Å². The summed E-state index contributed by atoms with van der Waals surface area (Å²) in [5, 5.41) is 29.1. The molecule has 1 aromatic carbocycles. The summed E-state index contributed by atoms with van der Waals surface area (Å²) in [7, 11) is 1.31. The van der Waals surface area contributed by atoms with E-state index < -0.39 is 22.4 Å². The van der Waals surface area contributed by atoms with Gasteiger partial charge in [0, 0.05) is 18.7 Å². The average Bonchev–Trinajstić information content (AvgIpc) is 2.35. The molecule has 1 atom stereocenters. The number of nitro groups is 1. The number of halogens is 1. The van der Waals surface area contributed by atoms with E-state index in [9.17, 15) is 15.2 Å². The van der Waals surface area contributed by atoms with Crippen LogP contribution in [0.25, 0.3) is 0 Å². The quantitative estimate of drug-likeness (QED) is 0.540. The maximum atomic E-state index is 10.8. The Bertz CT molecular complexity index is 441. The van der Waals surface area contributed by atoms with Crippen LogP contribution in [-0.4, -0.2) is 28.9 Å². The Morgan fingerprint density at radius 1 is 1.53 bits per heavy atom. The summed E-state index contributed by atoms with van der Waals surface area (Å²) >= 11 is 0. The lowest BCUT2D eigenvalue weighted by Crippen LogP contribution is -2.11. The molecule has 0 aromatic heterocycles. The lowest BCUT2D eigenvalue weighted by atomic mass is 10.0. The highest BCUT2D eigenvalue weighted by Crippen LogP contribution is 2.38. The van der Waals surface area contributed by atoms with Crippen LogP contribution >= 0.6 is 12.4 Å².